The molecule has 128 valence electrons. The number of ether oxygens (including phenoxy) is 1. The maximum absolute atomic E-state index is 12.8. The zero-order chi connectivity index (χ0) is 16.7. The van der Waals surface area contributed by atoms with Gasteiger partial charge in [0.2, 0.25) is 5.91 Å². The van der Waals surface area contributed by atoms with Crippen LogP contribution in [0.25, 0.3) is 0 Å². The second-order valence-electron chi connectivity index (χ2n) is 6.19. The van der Waals surface area contributed by atoms with Crippen LogP contribution in [0.1, 0.15) is 18.9 Å². The molecule has 1 saturated heterocycles. The number of carbonyl (C=O) groups is 1. The Kier molecular flexibility index (Phi) is 7.24. The average Bonchev–Trinajstić information content (AvgIpc) is 2.74. The predicted molar refractivity (Wildman–Crippen MR) is 97.3 cm³/mol. The van der Waals surface area contributed by atoms with Crippen molar-refractivity contribution in [1.82, 2.24) is 9.80 Å². The minimum Gasteiger partial charge on any atom is -0.494 e. The van der Waals surface area contributed by atoms with Gasteiger partial charge >= 0.3 is 0 Å². The zero-order valence-corrected chi connectivity index (χ0v) is 15.3. The monoisotopic (exact) mass is 336 g/mol. The third kappa shape index (κ3) is 5.74. The summed E-state index contributed by atoms with van der Waals surface area (Å²) in [5, 5.41) is 0. The minimum atomic E-state index is 0.239. The lowest BCUT2D eigenvalue weighted by atomic mass is 10.1. The summed E-state index contributed by atoms with van der Waals surface area (Å²) in [5.74, 6) is 3.29. The maximum atomic E-state index is 12.8. The van der Waals surface area contributed by atoms with Gasteiger partial charge in [0.15, 0.2) is 0 Å². The number of rotatable bonds is 6. The first kappa shape index (κ1) is 18.1. The molecule has 2 rings (SSSR count). The standard InChI is InChI=1S/C18H28N2O2S/c1-4-22-17-8-6-15(7-9-17)12-18(21)20-10-5-11-23-14-16(20)13-19(2)3/h6-9,16H,4-5,10-14H2,1-3H3. The van der Waals surface area contributed by atoms with Crippen molar-refractivity contribution in [3.63, 3.8) is 0 Å². The van der Waals surface area contributed by atoms with Crippen LogP contribution in [0.3, 0.4) is 0 Å². The Morgan fingerprint density at radius 1 is 1.35 bits per heavy atom. The Morgan fingerprint density at radius 3 is 2.74 bits per heavy atom. The smallest absolute Gasteiger partial charge is 0.227 e. The summed E-state index contributed by atoms with van der Waals surface area (Å²) in [4.78, 5) is 17.1. The van der Waals surface area contributed by atoms with Gasteiger partial charge in [-0.05, 0) is 50.9 Å². The van der Waals surface area contributed by atoms with Gasteiger partial charge < -0.3 is 14.5 Å². The fourth-order valence-corrected chi connectivity index (χ4v) is 3.93. The molecule has 1 aliphatic heterocycles. The van der Waals surface area contributed by atoms with Crippen LogP contribution >= 0.6 is 11.8 Å². The van der Waals surface area contributed by atoms with Crippen LogP contribution in [0.2, 0.25) is 0 Å². The first-order valence-electron chi connectivity index (χ1n) is 8.34. The normalized spacial score (nSPS) is 18.8. The highest BCUT2D eigenvalue weighted by atomic mass is 32.2. The second-order valence-corrected chi connectivity index (χ2v) is 7.34. The van der Waals surface area contributed by atoms with Gasteiger partial charge in [0.1, 0.15) is 5.75 Å². The molecular weight excluding hydrogens is 308 g/mol. The van der Waals surface area contributed by atoms with Crippen molar-refractivity contribution in [3.05, 3.63) is 29.8 Å². The van der Waals surface area contributed by atoms with Crippen molar-refractivity contribution in [1.29, 1.82) is 0 Å². The number of hydrogen-bond acceptors (Lipinski definition) is 4. The van der Waals surface area contributed by atoms with Crippen molar-refractivity contribution in [3.8, 4) is 5.75 Å². The summed E-state index contributed by atoms with van der Waals surface area (Å²) in [5.41, 5.74) is 1.05. The molecule has 1 heterocycles. The number of amides is 1. The highest BCUT2D eigenvalue weighted by Crippen LogP contribution is 2.19. The predicted octanol–water partition coefficient (Wildman–Crippen LogP) is 2.52. The third-order valence-electron chi connectivity index (χ3n) is 3.92. The van der Waals surface area contributed by atoms with Gasteiger partial charge in [0, 0.05) is 18.8 Å². The van der Waals surface area contributed by atoms with E-state index >= 15 is 0 Å². The molecule has 0 bridgehead atoms. The molecule has 1 aromatic carbocycles. The molecule has 0 saturated carbocycles. The van der Waals surface area contributed by atoms with E-state index in [0.29, 0.717) is 19.1 Å². The first-order valence-corrected chi connectivity index (χ1v) is 9.49. The van der Waals surface area contributed by atoms with Crippen molar-refractivity contribution in [2.24, 2.45) is 0 Å². The van der Waals surface area contributed by atoms with Gasteiger partial charge in [0.05, 0.1) is 19.1 Å². The summed E-state index contributed by atoms with van der Waals surface area (Å²) in [6.07, 6.45) is 1.56. The van der Waals surface area contributed by atoms with E-state index in [2.05, 4.69) is 23.9 Å². The molecule has 1 atom stereocenters. The van der Waals surface area contributed by atoms with Gasteiger partial charge in [-0.2, -0.15) is 11.8 Å². The molecule has 1 amide bonds. The van der Waals surface area contributed by atoms with Gasteiger partial charge in [0.25, 0.3) is 0 Å². The number of hydrogen-bond donors (Lipinski definition) is 0. The Bertz CT molecular complexity index is 490. The summed E-state index contributed by atoms with van der Waals surface area (Å²) in [6, 6.07) is 8.20. The van der Waals surface area contributed by atoms with E-state index in [0.717, 1.165) is 42.3 Å². The summed E-state index contributed by atoms with van der Waals surface area (Å²) < 4.78 is 5.46. The van der Waals surface area contributed by atoms with E-state index in [-0.39, 0.29) is 5.91 Å². The Morgan fingerprint density at radius 2 is 2.09 bits per heavy atom. The fourth-order valence-electron chi connectivity index (χ4n) is 2.88. The van der Waals surface area contributed by atoms with Crippen LogP contribution in [0.15, 0.2) is 24.3 Å². The molecule has 0 radical (unpaired) electrons. The van der Waals surface area contributed by atoms with Crippen molar-refractivity contribution in [2.75, 3.05) is 45.3 Å². The van der Waals surface area contributed by atoms with Crippen LogP contribution in [-0.2, 0) is 11.2 Å². The van der Waals surface area contributed by atoms with Gasteiger partial charge in [-0.15, -0.1) is 0 Å². The number of carbonyl (C=O) groups excluding carboxylic acids is 1. The molecule has 1 aromatic rings. The summed E-state index contributed by atoms with van der Waals surface area (Å²) in [7, 11) is 4.15. The van der Waals surface area contributed by atoms with Crippen LogP contribution in [-0.4, -0.2) is 67.0 Å². The number of thioether (sulfide) groups is 1. The molecule has 0 N–H and O–H groups in total. The lowest BCUT2D eigenvalue weighted by molar-refractivity contribution is -0.132. The molecule has 1 unspecified atom stereocenters. The summed E-state index contributed by atoms with van der Waals surface area (Å²) in [6.45, 7) is 4.44. The molecule has 4 nitrogen and oxygen atoms in total. The number of likely N-dealkylation sites (N-methyl/N-ethyl adjacent to an activating group) is 1. The zero-order valence-electron chi connectivity index (χ0n) is 14.5. The highest BCUT2D eigenvalue weighted by molar-refractivity contribution is 7.99. The van der Waals surface area contributed by atoms with E-state index in [4.69, 9.17) is 4.74 Å². The van der Waals surface area contributed by atoms with Crippen LogP contribution in [0.4, 0.5) is 0 Å². The molecule has 0 aliphatic carbocycles. The van der Waals surface area contributed by atoms with E-state index in [1.165, 1.54) is 0 Å². The van der Waals surface area contributed by atoms with E-state index in [9.17, 15) is 4.79 Å². The molecule has 1 aliphatic rings. The molecular formula is C18H28N2O2S. The Labute approximate surface area is 144 Å². The topological polar surface area (TPSA) is 32.8 Å². The van der Waals surface area contributed by atoms with Crippen LogP contribution < -0.4 is 4.74 Å². The molecule has 1 fully saturated rings. The molecule has 23 heavy (non-hydrogen) atoms. The van der Waals surface area contributed by atoms with Crippen LogP contribution in [0, 0.1) is 0 Å². The van der Waals surface area contributed by atoms with Gasteiger partial charge in [-0.3, -0.25) is 4.79 Å². The van der Waals surface area contributed by atoms with Gasteiger partial charge in [-0.25, -0.2) is 0 Å². The van der Waals surface area contributed by atoms with E-state index < -0.39 is 0 Å². The quantitative estimate of drug-likeness (QED) is 0.799. The van der Waals surface area contributed by atoms with E-state index in [1.807, 2.05) is 43.0 Å². The van der Waals surface area contributed by atoms with Crippen molar-refractivity contribution in [2.45, 2.75) is 25.8 Å². The van der Waals surface area contributed by atoms with E-state index in [1.54, 1.807) is 0 Å². The Hall–Kier alpha value is -1.20. The van der Waals surface area contributed by atoms with Crippen LogP contribution in [0.5, 0.6) is 5.75 Å². The Balaban J connectivity index is 2.00. The third-order valence-corrected chi connectivity index (χ3v) is 5.12. The largest absolute Gasteiger partial charge is 0.494 e. The molecule has 5 heteroatoms. The molecule has 0 spiro atoms. The average molecular weight is 337 g/mol. The second kappa shape index (κ2) is 9.18. The van der Waals surface area contributed by atoms with Crippen molar-refractivity contribution < 1.29 is 9.53 Å². The SMILES string of the molecule is CCOc1ccc(CC(=O)N2CCCSCC2CN(C)C)cc1. The van der Waals surface area contributed by atoms with Gasteiger partial charge in [-0.1, -0.05) is 12.1 Å². The lowest BCUT2D eigenvalue weighted by Gasteiger charge is -2.32. The summed E-state index contributed by atoms with van der Waals surface area (Å²) >= 11 is 1.96. The molecule has 0 aromatic heterocycles. The number of benzene rings is 1. The maximum Gasteiger partial charge on any atom is 0.227 e. The first-order chi connectivity index (χ1) is 11.1. The van der Waals surface area contributed by atoms with Crippen molar-refractivity contribution >= 4 is 17.7 Å². The highest BCUT2D eigenvalue weighted by Gasteiger charge is 2.26. The minimum absolute atomic E-state index is 0.239. The fraction of sp³-hybridized carbons (Fsp3) is 0.611. The lowest BCUT2D eigenvalue weighted by Crippen LogP contribution is -2.47. The number of nitrogens with zero attached hydrogens (tertiary/aromatic N) is 2.